The molecule has 2 aromatic carbocycles. The van der Waals surface area contributed by atoms with Gasteiger partial charge >= 0.3 is 11.9 Å². The Morgan fingerprint density at radius 2 is 1.82 bits per heavy atom. The van der Waals surface area contributed by atoms with Crippen molar-refractivity contribution in [2.45, 2.75) is 6.42 Å². The molecule has 1 N–H and O–H groups in total. The van der Waals surface area contributed by atoms with E-state index < -0.39 is 11.9 Å². The van der Waals surface area contributed by atoms with Gasteiger partial charge < -0.3 is 14.6 Å². The third kappa shape index (κ3) is 4.08. The molecule has 0 aliphatic heterocycles. The van der Waals surface area contributed by atoms with Crippen LogP contribution in [-0.4, -0.2) is 24.2 Å². The summed E-state index contributed by atoms with van der Waals surface area (Å²) in [6.07, 6.45) is 0.0408. The van der Waals surface area contributed by atoms with Crippen LogP contribution in [0, 0.1) is 0 Å². The van der Waals surface area contributed by atoms with Gasteiger partial charge in [0, 0.05) is 4.47 Å². The summed E-state index contributed by atoms with van der Waals surface area (Å²) in [5.41, 5.74) is 0.678. The second-order valence-electron chi connectivity index (χ2n) is 4.44. The molecule has 0 bridgehead atoms. The van der Waals surface area contributed by atoms with Crippen molar-refractivity contribution in [3.63, 3.8) is 0 Å². The zero-order valence-corrected chi connectivity index (χ0v) is 13.3. The highest BCUT2D eigenvalue weighted by molar-refractivity contribution is 9.10. The van der Waals surface area contributed by atoms with Crippen molar-refractivity contribution in [1.82, 2.24) is 0 Å². The number of carbonyl (C=O) groups excluding carboxylic acids is 1. The normalized spacial score (nSPS) is 10.1. The van der Waals surface area contributed by atoms with Crippen LogP contribution in [0.4, 0.5) is 0 Å². The number of ether oxygens (including phenoxy) is 2. The molecule has 0 aliphatic rings. The van der Waals surface area contributed by atoms with Crippen molar-refractivity contribution < 1.29 is 24.2 Å². The lowest BCUT2D eigenvalue weighted by Gasteiger charge is -2.08. The average molecular weight is 365 g/mol. The van der Waals surface area contributed by atoms with E-state index in [1.807, 2.05) is 0 Å². The molecular weight excluding hydrogens is 352 g/mol. The van der Waals surface area contributed by atoms with Crippen LogP contribution in [-0.2, 0) is 11.2 Å². The van der Waals surface area contributed by atoms with Gasteiger partial charge in [0.25, 0.3) is 0 Å². The molecular formula is C16H13BrO5. The minimum Gasteiger partial charge on any atom is -0.497 e. The second-order valence-corrected chi connectivity index (χ2v) is 5.36. The minimum absolute atomic E-state index is 0.0224. The topological polar surface area (TPSA) is 72.8 Å². The number of hydrogen-bond acceptors (Lipinski definition) is 4. The number of halogens is 1. The molecule has 0 atom stereocenters. The average Bonchev–Trinajstić information content (AvgIpc) is 2.49. The number of esters is 1. The Morgan fingerprint density at radius 1 is 1.14 bits per heavy atom. The van der Waals surface area contributed by atoms with E-state index in [4.69, 9.17) is 14.6 Å². The first-order valence-corrected chi connectivity index (χ1v) is 7.15. The summed E-state index contributed by atoms with van der Waals surface area (Å²) in [6.45, 7) is 0. The number of methoxy groups -OCH3 is 1. The predicted octanol–water partition coefficient (Wildman–Crippen LogP) is 3.30. The summed E-state index contributed by atoms with van der Waals surface area (Å²) in [5.74, 6) is -0.976. The van der Waals surface area contributed by atoms with E-state index in [0.717, 1.165) is 5.56 Å². The van der Waals surface area contributed by atoms with E-state index in [1.165, 1.54) is 12.1 Å². The summed E-state index contributed by atoms with van der Waals surface area (Å²) >= 11 is 3.18. The van der Waals surface area contributed by atoms with Crippen molar-refractivity contribution in [3.05, 3.63) is 58.1 Å². The molecule has 0 aliphatic carbocycles. The van der Waals surface area contributed by atoms with Gasteiger partial charge in [-0.05, 0) is 35.9 Å². The Hall–Kier alpha value is -2.34. The van der Waals surface area contributed by atoms with Crippen molar-refractivity contribution in [3.8, 4) is 11.5 Å². The lowest BCUT2D eigenvalue weighted by Crippen LogP contribution is -2.13. The van der Waals surface area contributed by atoms with E-state index in [0.29, 0.717) is 10.2 Å². The van der Waals surface area contributed by atoms with E-state index in [1.54, 1.807) is 37.4 Å². The Kier molecular flexibility index (Phi) is 5.16. The summed E-state index contributed by atoms with van der Waals surface area (Å²) in [7, 11) is 1.56. The summed E-state index contributed by atoms with van der Waals surface area (Å²) in [6, 6.07) is 11.4. The van der Waals surface area contributed by atoms with Crippen LogP contribution >= 0.6 is 15.9 Å². The zero-order chi connectivity index (χ0) is 16.1. The number of benzene rings is 2. The Morgan fingerprint density at radius 3 is 2.41 bits per heavy atom. The third-order valence-electron chi connectivity index (χ3n) is 2.90. The van der Waals surface area contributed by atoms with Gasteiger partial charge in [0.05, 0.1) is 13.5 Å². The molecule has 0 aromatic heterocycles. The monoisotopic (exact) mass is 364 g/mol. The van der Waals surface area contributed by atoms with E-state index in [-0.39, 0.29) is 17.7 Å². The molecule has 0 spiro atoms. The van der Waals surface area contributed by atoms with Crippen LogP contribution < -0.4 is 9.47 Å². The minimum atomic E-state index is -1.16. The molecule has 0 heterocycles. The number of rotatable bonds is 5. The number of aromatic carboxylic acids is 1. The van der Waals surface area contributed by atoms with Gasteiger partial charge in [0.15, 0.2) is 0 Å². The van der Waals surface area contributed by atoms with Gasteiger partial charge in [-0.25, -0.2) is 4.79 Å². The Labute approximate surface area is 135 Å². The molecule has 6 heteroatoms. The van der Waals surface area contributed by atoms with Gasteiger partial charge in [-0.3, -0.25) is 4.79 Å². The maximum absolute atomic E-state index is 11.9. The van der Waals surface area contributed by atoms with E-state index in [2.05, 4.69) is 15.9 Å². The van der Waals surface area contributed by atoms with Crippen molar-refractivity contribution in [1.29, 1.82) is 0 Å². The lowest BCUT2D eigenvalue weighted by molar-refractivity contribution is -0.133. The molecule has 5 nitrogen and oxygen atoms in total. The molecule has 0 amide bonds. The van der Waals surface area contributed by atoms with Crippen molar-refractivity contribution >= 4 is 27.9 Å². The fourth-order valence-corrected chi connectivity index (χ4v) is 2.19. The van der Waals surface area contributed by atoms with Gasteiger partial charge in [-0.1, -0.05) is 28.1 Å². The van der Waals surface area contributed by atoms with Crippen molar-refractivity contribution in [2.75, 3.05) is 7.11 Å². The SMILES string of the molecule is COc1ccc(CC(=O)Oc2ccc(Br)cc2C(=O)O)cc1. The van der Waals surface area contributed by atoms with Crippen LogP contribution in [0.25, 0.3) is 0 Å². The number of hydrogen-bond donors (Lipinski definition) is 1. The second kappa shape index (κ2) is 7.09. The van der Waals surface area contributed by atoms with E-state index in [9.17, 15) is 9.59 Å². The highest BCUT2D eigenvalue weighted by Crippen LogP contribution is 2.24. The maximum Gasteiger partial charge on any atom is 0.339 e. The molecule has 2 rings (SSSR count). The van der Waals surface area contributed by atoms with Gasteiger partial charge in [0.2, 0.25) is 0 Å². The van der Waals surface area contributed by atoms with Crippen LogP contribution in [0.1, 0.15) is 15.9 Å². The van der Waals surface area contributed by atoms with E-state index >= 15 is 0 Å². The van der Waals surface area contributed by atoms with Gasteiger partial charge in [0.1, 0.15) is 17.1 Å². The Balaban J connectivity index is 2.10. The molecule has 22 heavy (non-hydrogen) atoms. The molecule has 2 aromatic rings. The van der Waals surface area contributed by atoms with Crippen LogP contribution in [0.15, 0.2) is 46.9 Å². The summed E-state index contributed by atoms with van der Waals surface area (Å²) in [4.78, 5) is 23.1. The van der Waals surface area contributed by atoms with Gasteiger partial charge in [-0.2, -0.15) is 0 Å². The summed E-state index contributed by atoms with van der Waals surface area (Å²) < 4.78 is 10.8. The number of carboxylic acids is 1. The molecule has 0 fully saturated rings. The smallest absolute Gasteiger partial charge is 0.339 e. The van der Waals surface area contributed by atoms with Crippen LogP contribution in [0.2, 0.25) is 0 Å². The number of carboxylic acid groups (broad SMARTS) is 1. The van der Waals surface area contributed by atoms with Crippen molar-refractivity contribution in [2.24, 2.45) is 0 Å². The lowest BCUT2D eigenvalue weighted by atomic mass is 10.1. The van der Waals surface area contributed by atoms with Crippen LogP contribution in [0.5, 0.6) is 11.5 Å². The molecule has 0 saturated heterocycles. The maximum atomic E-state index is 11.9. The molecule has 0 radical (unpaired) electrons. The van der Waals surface area contributed by atoms with Crippen LogP contribution in [0.3, 0.4) is 0 Å². The standard InChI is InChI=1S/C16H13BrO5/c1-21-12-5-2-10(3-6-12)8-15(18)22-14-7-4-11(17)9-13(14)16(19)20/h2-7,9H,8H2,1H3,(H,19,20). The zero-order valence-electron chi connectivity index (χ0n) is 11.7. The number of carbonyl (C=O) groups is 2. The first-order valence-electron chi connectivity index (χ1n) is 6.36. The fourth-order valence-electron chi connectivity index (χ4n) is 1.83. The Bertz CT molecular complexity index is 694. The highest BCUT2D eigenvalue weighted by Gasteiger charge is 2.15. The first-order chi connectivity index (χ1) is 10.5. The molecule has 0 saturated carbocycles. The molecule has 114 valence electrons. The van der Waals surface area contributed by atoms with Gasteiger partial charge in [-0.15, -0.1) is 0 Å². The quantitative estimate of drug-likeness (QED) is 0.650. The summed E-state index contributed by atoms with van der Waals surface area (Å²) in [5, 5.41) is 9.12. The predicted molar refractivity (Wildman–Crippen MR) is 83.4 cm³/mol. The molecule has 0 unspecified atom stereocenters. The largest absolute Gasteiger partial charge is 0.497 e. The fraction of sp³-hybridized carbons (Fsp3) is 0.125. The first kappa shape index (κ1) is 16.0. The third-order valence-corrected chi connectivity index (χ3v) is 3.40. The highest BCUT2D eigenvalue weighted by atomic mass is 79.9.